The van der Waals surface area contributed by atoms with E-state index >= 15 is 0 Å². The Morgan fingerprint density at radius 1 is 1.69 bits per heavy atom. The van der Waals surface area contributed by atoms with Gasteiger partial charge in [-0.15, -0.1) is 22.9 Å². The zero-order valence-corrected chi connectivity index (χ0v) is 9.66. The Labute approximate surface area is 88.9 Å². The molecule has 1 aliphatic rings. The van der Waals surface area contributed by atoms with Gasteiger partial charge in [-0.2, -0.15) is 0 Å². The summed E-state index contributed by atoms with van der Waals surface area (Å²) in [7, 11) is 0. The third-order valence-corrected chi connectivity index (χ3v) is 4.36. The van der Waals surface area contributed by atoms with Gasteiger partial charge in [0.15, 0.2) is 0 Å². The molecule has 0 nitrogen and oxygen atoms in total. The average molecular weight is 215 g/mol. The van der Waals surface area contributed by atoms with Gasteiger partial charge in [-0.1, -0.05) is 19.9 Å². The first-order valence-corrected chi connectivity index (χ1v) is 6.08. The molecule has 2 rings (SSSR count). The van der Waals surface area contributed by atoms with E-state index in [0.29, 0.717) is 10.8 Å². The number of halogens is 1. The van der Waals surface area contributed by atoms with Crippen LogP contribution in [0.3, 0.4) is 0 Å². The highest BCUT2D eigenvalue weighted by Gasteiger charge is 2.49. The monoisotopic (exact) mass is 214 g/mol. The topological polar surface area (TPSA) is 0 Å². The Morgan fingerprint density at radius 2 is 2.38 bits per heavy atom. The second kappa shape index (κ2) is 3.29. The average Bonchev–Trinajstić information content (AvgIpc) is 2.49. The molecule has 13 heavy (non-hydrogen) atoms. The molecule has 1 aliphatic carbocycles. The van der Waals surface area contributed by atoms with E-state index in [2.05, 4.69) is 31.4 Å². The number of thiophene rings is 1. The van der Waals surface area contributed by atoms with Crippen LogP contribution in [-0.4, -0.2) is 5.38 Å². The van der Waals surface area contributed by atoms with E-state index in [-0.39, 0.29) is 0 Å². The van der Waals surface area contributed by atoms with Crippen molar-refractivity contribution in [3.05, 3.63) is 22.4 Å². The molecule has 0 saturated heterocycles. The van der Waals surface area contributed by atoms with E-state index in [1.807, 2.05) is 11.3 Å². The highest BCUT2D eigenvalue weighted by atomic mass is 35.5. The zero-order chi connectivity index (χ0) is 9.47. The molecule has 0 aliphatic heterocycles. The van der Waals surface area contributed by atoms with E-state index in [1.54, 1.807) is 0 Å². The van der Waals surface area contributed by atoms with Crippen LogP contribution in [0.2, 0.25) is 0 Å². The summed E-state index contributed by atoms with van der Waals surface area (Å²) in [5.41, 5.74) is 0.504. The van der Waals surface area contributed by atoms with Crippen molar-refractivity contribution in [2.24, 2.45) is 11.3 Å². The largest absolute Gasteiger partial charge is 0.149 e. The molecule has 1 fully saturated rings. The lowest BCUT2D eigenvalue weighted by Crippen LogP contribution is -2.08. The molecule has 0 amide bonds. The first-order chi connectivity index (χ1) is 6.09. The third-order valence-electron chi connectivity index (χ3n) is 3.00. The van der Waals surface area contributed by atoms with Crippen molar-refractivity contribution >= 4 is 22.9 Å². The van der Waals surface area contributed by atoms with Crippen molar-refractivity contribution in [2.45, 2.75) is 32.1 Å². The summed E-state index contributed by atoms with van der Waals surface area (Å²) in [6, 6.07) is 4.27. The molecule has 1 aromatic heterocycles. The molecule has 1 heterocycles. The molecular weight excluding hydrogens is 200 g/mol. The summed E-state index contributed by atoms with van der Waals surface area (Å²) in [6.07, 6.45) is 2.35. The quantitative estimate of drug-likeness (QED) is 0.669. The maximum atomic E-state index is 6.36. The Kier molecular flexibility index (Phi) is 2.41. The molecule has 2 atom stereocenters. The van der Waals surface area contributed by atoms with Crippen LogP contribution in [0.1, 0.15) is 25.1 Å². The minimum atomic E-state index is 0.341. The Morgan fingerprint density at radius 3 is 2.85 bits per heavy atom. The fraction of sp³-hybridized carbons (Fsp3) is 0.636. The molecule has 0 spiro atoms. The number of alkyl halides is 1. The van der Waals surface area contributed by atoms with E-state index < -0.39 is 0 Å². The Hall–Kier alpha value is -0.0100. The predicted molar refractivity (Wildman–Crippen MR) is 59.6 cm³/mol. The maximum Gasteiger partial charge on any atom is 0.0417 e. The molecule has 0 radical (unpaired) electrons. The normalized spacial score (nSPS) is 27.2. The van der Waals surface area contributed by atoms with Crippen molar-refractivity contribution in [1.82, 2.24) is 0 Å². The lowest BCUT2D eigenvalue weighted by Gasteiger charge is -2.09. The van der Waals surface area contributed by atoms with Crippen molar-refractivity contribution in [2.75, 3.05) is 0 Å². The van der Waals surface area contributed by atoms with Gasteiger partial charge in [0.1, 0.15) is 0 Å². The molecule has 0 N–H and O–H groups in total. The molecule has 72 valence electrons. The van der Waals surface area contributed by atoms with Gasteiger partial charge in [-0.05, 0) is 35.6 Å². The molecule has 2 unspecified atom stereocenters. The van der Waals surface area contributed by atoms with Gasteiger partial charge in [0.25, 0.3) is 0 Å². The number of hydrogen-bond acceptors (Lipinski definition) is 1. The summed E-state index contributed by atoms with van der Waals surface area (Å²) in [4.78, 5) is 1.42. The zero-order valence-electron chi connectivity index (χ0n) is 8.09. The highest BCUT2D eigenvalue weighted by Crippen LogP contribution is 2.55. The molecule has 1 saturated carbocycles. The second-order valence-corrected chi connectivity index (χ2v) is 6.19. The Balaban J connectivity index is 1.90. The molecule has 0 aromatic carbocycles. The fourth-order valence-electron chi connectivity index (χ4n) is 1.89. The van der Waals surface area contributed by atoms with Crippen LogP contribution in [0.25, 0.3) is 0 Å². The van der Waals surface area contributed by atoms with Crippen LogP contribution in [0.4, 0.5) is 0 Å². The fourth-order valence-corrected chi connectivity index (χ4v) is 3.34. The summed E-state index contributed by atoms with van der Waals surface area (Å²) < 4.78 is 0. The van der Waals surface area contributed by atoms with Gasteiger partial charge in [0, 0.05) is 10.3 Å². The first-order valence-electron chi connectivity index (χ1n) is 4.76. The minimum Gasteiger partial charge on any atom is -0.149 e. The van der Waals surface area contributed by atoms with Crippen LogP contribution < -0.4 is 0 Å². The van der Waals surface area contributed by atoms with E-state index in [0.717, 1.165) is 12.3 Å². The van der Waals surface area contributed by atoms with Gasteiger partial charge in [0.2, 0.25) is 0 Å². The van der Waals surface area contributed by atoms with Crippen molar-refractivity contribution in [3.63, 3.8) is 0 Å². The molecule has 1 aromatic rings. The second-order valence-electron chi connectivity index (χ2n) is 4.60. The SMILES string of the molecule is CC1(C)CC1C(Cl)Cc1cccs1. The number of rotatable bonds is 3. The van der Waals surface area contributed by atoms with Crippen LogP contribution in [0.5, 0.6) is 0 Å². The van der Waals surface area contributed by atoms with Crippen molar-refractivity contribution in [3.8, 4) is 0 Å². The maximum absolute atomic E-state index is 6.36. The lowest BCUT2D eigenvalue weighted by molar-refractivity contribution is 0.539. The van der Waals surface area contributed by atoms with Crippen molar-refractivity contribution in [1.29, 1.82) is 0 Å². The lowest BCUT2D eigenvalue weighted by atomic mass is 10.1. The van der Waals surface area contributed by atoms with Gasteiger partial charge >= 0.3 is 0 Å². The van der Waals surface area contributed by atoms with E-state index in [1.165, 1.54) is 11.3 Å². The van der Waals surface area contributed by atoms with Gasteiger partial charge in [0.05, 0.1) is 0 Å². The van der Waals surface area contributed by atoms with Crippen molar-refractivity contribution < 1.29 is 0 Å². The third kappa shape index (κ3) is 2.08. The van der Waals surface area contributed by atoms with Crippen LogP contribution in [0.15, 0.2) is 17.5 Å². The van der Waals surface area contributed by atoms with Crippen LogP contribution >= 0.6 is 22.9 Å². The van der Waals surface area contributed by atoms with Gasteiger partial charge in [-0.3, -0.25) is 0 Å². The predicted octanol–water partition coefficient (Wildman–Crippen LogP) is 3.94. The Bertz CT molecular complexity index is 276. The summed E-state index contributed by atoms with van der Waals surface area (Å²) >= 11 is 8.17. The number of hydrogen-bond donors (Lipinski definition) is 0. The van der Waals surface area contributed by atoms with E-state index in [4.69, 9.17) is 11.6 Å². The van der Waals surface area contributed by atoms with E-state index in [9.17, 15) is 0 Å². The van der Waals surface area contributed by atoms with Crippen LogP contribution in [-0.2, 0) is 6.42 Å². The molecular formula is C11H15ClS. The summed E-state index contributed by atoms with van der Waals surface area (Å²) in [5.74, 6) is 0.733. The highest BCUT2D eigenvalue weighted by molar-refractivity contribution is 7.09. The minimum absolute atomic E-state index is 0.341. The first kappa shape index (κ1) is 9.54. The summed E-state index contributed by atoms with van der Waals surface area (Å²) in [6.45, 7) is 4.61. The summed E-state index contributed by atoms with van der Waals surface area (Å²) in [5, 5.41) is 2.46. The standard InChI is InChI=1S/C11H15ClS/c1-11(2)7-9(11)10(12)6-8-4-3-5-13-8/h3-5,9-10H,6-7H2,1-2H3. The van der Waals surface area contributed by atoms with Crippen LogP contribution in [0, 0.1) is 11.3 Å². The molecule has 2 heteroatoms. The van der Waals surface area contributed by atoms with Gasteiger partial charge in [-0.25, -0.2) is 0 Å². The smallest absolute Gasteiger partial charge is 0.0417 e. The van der Waals surface area contributed by atoms with Gasteiger partial charge < -0.3 is 0 Å². The molecule has 0 bridgehead atoms.